The maximum absolute atomic E-state index is 11.6. The molecule has 0 saturated carbocycles. The lowest BCUT2D eigenvalue weighted by Gasteiger charge is -2.26. The molecule has 1 amide bonds. The third kappa shape index (κ3) is 2.99. The Morgan fingerprint density at radius 1 is 1.54 bits per heavy atom. The van der Waals surface area contributed by atoms with Gasteiger partial charge in [-0.15, -0.1) is 0 Å². The molecule has 76 valence electrons. The standard InChI is InChI=1S/C10H19NO2/c1-9-5-2-3-6-10(13)11(9)7-4-8-12/h9,12H,2-8H2,1H3. The fraction of sp³-hybridized carbons (Fsp3) is 0.900. The number of hydrogen-bond donors (Lipinski definition) is 1. The first kappa shape index (κ1) is 10.5. The Labute approximate surface area is 79.7 Å². The number of rotatable bonds is 3. The highest BCUT2D eigenvalue weighted by Crippen LogP contribution is 2.17. The van der Waals surface area contributed by atoms with Crippen molar-refractivity contribution in [3.05, 3.63) is 0 Å². The third-order valence-electron chi connectivity index (χ3n) is 2.67. The van der Waals surface area contributed by atoms with Crippen LogP contribution >= 0.6 is 0 Å². The van der Waals surface area contributed by atoms with Crippen LogP contribution in [0.2, 0.25) is 0 Å². The van der Waals surface area contributed by atoms with E-state index >= 15 is 0 Å². The summed E-state index contributed by atoms with van der Waals surface area (Å²) in [6, 6.07) is 0.363. The molecular weight excluding hydrogens is 166 g/mol. The van der Waals surface area contributed by atoms with Gasteiger partial charge in [0.05, 0.1) is 0 Å². The molecule has 0 aliphatic carbocycles. The molecule has 0 aromatic rings. The van der Waals surface area contributed by atoms with Crippen molar-refractivity contribution in [1.29, 1.82) is 0 Å². The zero-order valence-corrected chi connectivity index (χ0v) is 8.33. The zero-order valence-electron chi connectivity index (χ0n) is 8.33. The molecular formula is C10H19NO2. The Kier molecular flexibility index (Phi) is 4.22. The summed E-state index contributed by atoms with van der Waals surface area (Å²) in [6.45, 7) is 2.99. The van der Waals surface area contributed by atoms with Gasteiger partial charge in [0.1, 0.15) is 0 Å². The summed E-state index contributed by atoms with van der Waals surface area (Å²) in [7, 11) is 0. The molecule has 1 fully saturated rings. The van der Waals surface area contributed by atoms with E-state index in [2.05, 4.69) is 6.92 Å². The minimum Gasteiger partial charge on any atom is -0.396 e. The minimum atomic E-state index is 0.177. The van der Waals surface area contributed by atoms with Crippen LogP contribution in [0.4, 0.5) is 0 Å². The van der Waals surface area contributed by atoms with Gasteiger partial charge in [-0.05, 0) is 26.2 Å². The second-order valence-electron chi connectivity index (χ2n) is 3.76. The highest BCUT2D eigenvalue weighted by molar-refractivity contribution is 5.76. The Hall–Kier alpha value is -0.570. The average molecular weight is 185 g/mol. The number of aliphatic hydroxyl groups excluding tert-OH is 1. The van der Waals surface area contributed by atoms with E-state index in [9.17, 15) is 4.79 Å². The monoisotopic (exact) mass is 185 g/mol. The van der Waals surface area contributed by atoms with Gasteiger partial charge < -0.3 is 10.0 Å². The van der Waals surface area contributed by atoms with Crippen molar-refractivity contribution >= 4 is 5.91 Å². The molecule has 1 N–H and O–H groups in total. The SMILES string of the molecule is CC1CCCCC(=O)N1CCCO. The molecule has 0 spiro atoms. The van der Waals surface area contributed by atoms with Gasteiger partial charge in [-0.2, -0.15) is 0 Å². The number of likely N-dealkylation sites (tertiary alicyclic amines) is 1. The van der Waals surface area contributed by atoms with Crippen molar-refractivity contribution in [2.24, 2.45) is 0 Å². The number of aliphatic hydroxyl groups is 1. The van der Waals surface area contributed by atoms with E-state index in [1.54, 1.807) is 0 Å². The van der Waals surface area contributed by atoms with Crippen molar-refractivity contribution in [1.82, 2.24) is 4.90 Å². The van der Waals surface area contributed by atoms with E-state index < -0.39 is 0 Å². The minimum absolute atomic E-state index is 0.177. The van der Waals surface area contributed by atoms with Crippen LogP contribution in [0.3, 0.4) is 0 Å². The van der Waals surface area contributed by atoms with Crippen LogP contribution in [-0.4, -0.2) is 35.1 Å². The van der Waals surface area contributed by atoms with Gasteiger partial charge >= 0.3 is 0 Å². The molecule has 1 aliphatic rings. The molecule has 0 radical (unpaired) electrons. The third-order valence-corrected chi connectivity index (χ3v) is 2.67. The summed E-state index contributed by atoms with van der Waals surface area (Å²) in [5, 5.41) is 8.70. The van der Waals surface area contributed by atoms with Crippen molar-refractivity contribution in [2.45, 2.75) is 45.1 Å². The number of hydrogen-bond acceptors (Lipinski definition) is 2. The van der Waals surface area contributed by atoms with E-state index in [0.29, 0.717) is 18.9 Å². The summed E-state index contributed by atoms with van der Waals surface area (Å²) >= 11 is 0. The van der Waals surface area contributed by atoms with Crippen LogP contribution in [-0.2, 0) is 4.79 Å². The van der Waals surface area contributed by atoms with Gasteiger partial charge in [0.2, 0.25) is 5.91 Å². The number of nitrogens with zero attached hydrogens (tertiary/aromatic N) is 1. The smallest absolute Gasteiger partial charge is 0.222 e. The summed E-state index contributed by atoms with van der Waals surface area (Å²) in [4.78, 5) is 13.5. The van der Waals surface area contributed by atoms with Crippen LogP contribution in [0.1, 0.15) is 39.0 Å². The lowest BCUT2D eigenvalue weighted by Crippen LogP contribution is -2.38. The summed E-state index contributed by atoms with van der Waals surface area (Å²) in [5.74, 6) is 0.262. The molecule has 13 heavy (non-hydrogen) atoms. The molecule has 0 bridgehead atoms. The van der Waals surface area contributed by atoms with Gasteiger partial charge in [-0.25, -0.2) is 0 Å². The molecule has 0 aromatic carbocycles. The quantitative estimate of drug-likeness (QED) is 0.716. The lowest BCUT2D eigenvalue weighted by molar-refractivity contribution is -0.132. The van der Waals surface area contributed by atoms with Crippen LogP contribution < -0.4 is 0 Å². The molecule has 1 rings (SSSR count). The Bertz CT molecular complexity index is 170. The van der Waals surface area contributed by atoms with Crippen LogP contribution in [0.25, 0.3) is 0 Å². The largest absolute Gasteiger partial charge is 0.396 e. The van der Waals surface area contributed by atoms with Gasteiger partial charge in [-0.3, -0.25) is 4.79 Å². The highest BCUT2D eigenvalue weighted by Gasteiger charge is 2.21. The van der Waals surface area contributed by atoms with Crippen molar-refractivity contribution < 1.29 is 9.90 Å². The van der Waals surface area contributed by atoms with Crippen LogP contribution in [0.5, 0.6) is 0 Å². The topological polar surface area (TPSA) is 40.5 Å². The number of carbonyl (C=O) groups is 1. The van der Waals surface area contributed by atoms with E-state index in [-0.39, 0.29) is 12.5 Å². The molecule has 1 unspecified atom stereocenters. The van der Waals surface area contributed by atoms with E-state index in [4.69, 9.17) is 5.11 Å². The zero-order chi connectivity index (χ0) is 9.68. The molecule has 1 saturated heterocycles. The maximum Gasteiger partial charge on any atom is 0.222 e. The first-order valence-electron chi connectivity index (χ1n) is 5.16. The normalized spacial score (nSPS) is 24.6. The molecule has 1 heterocycles. The Balaban J connectivity index is 2.48. The molecule has 3 heteroatoms. The molecule has 0 aromatic heterocycles. The number of carbonyl (C=O) groups excluding carboxylic acids is 1. The first-order chi connectivity index (χ1) is 6.25. The van der Waals surface area contributed by atoms with E-state index in [0.717, 1.165) is 25.8 Å². The molecule has 1 atom stereocenters. The maximum atomic E-state index is 11.6. The van der Waals surface area contributed by atoms with Crippen molar-refractivity contribution in [3.8, 4) is 0 Å². The van der Waals surface area contributed by atoms with Gasteiger partial charge in [0, 0.05) is 25.6 Å². The Morgan fingerprint density at radius 2 is 2.31 bits per heavy atom. The fourth-order valence-electron chi connectivity index (χ4n) is 1.85. The number of amides is 1. The summed E-state index contributed by atoms with van der Waals surface area (Å²) in [6.07, 6.45) is 4.68. The van der Waals surface area contributed by atoms with Gasteiger partial charge in [-0.1, -0.05) is 6.42 Å². The second-order valence-corrected chi connectivity index (χ2v) is 3.76. The summed E-state index contributed by atoms with van der Waals surface area (Å²) in [5.41, 5.74) is 0. The van der Waals surface area contributed by atoms with Gasteiger partial charge in [0.15, 0.2) is 0 Å². The predicted octanol–water partition coefficient (Wildman–Crippen LogP) is 1.16. The molecule has 3 nitrogen and oxygen atoms in total. The average Bonchev–Trinajstić information content (AvgIpc) is 2.26. The highest BCUT2D eigenvalue weighted by atomic mass is 16.3. The van der Waals surface area contributed by atoms with Crippen LogP contribution in [0, 0.1) is 0 Å². The second kappa shape index (κ2) is 5.22. The van der Waals surface area contributed by atoms with Crippen LogP contribution in [0.15, 0.2) is 0 Å². The summed E-state index contributed by atoms with van der Waals surface area (Å²) < 4.78 is 0. The van der Waals surface area contributed by atoms with Crippen molar-refractivity contribution in [2.75, 3.05) is 13.2 Å². The lowest BCUT2D eigenvalue weighted by atomic mass is 10.1. The fourth-order valence-corrected chi connectivity index (χ4v) is 1.85. The Morgan fingerprint density at radius 3 is 3.00 bits per heavy atom. The first-order valence-corrected chi connectivity index (χ1v) is 5.16. The van der Waals surface area contributed by atoms with Crippen molar-refractivity contribution in [3.63, 3.8) is 0 Å². The predicted molar refractivity (Wildman–Crippen MR) is 51.3 cm³/mol. The van der Waals surface area contributed by atoms with E-state index in [1.165, 1.54) is 0 Å². The van der Waals surface area contributed by atoms with E-state index in [1.807, 2.05) is 4.90 Å². The van der Waals surface area contributed by atoms with Gasteiger partial charge in [0.25, 0.3) is 0 Å². The molecule has 1 aliphatic heterocycles.